The quantitative estimate of drug-likeness (QED) is 0.181. The molecule has 0 fully saturated rings. The van der Waals surface area contributed by atoms with E-state index in [1.807, 2.05) is 0 Å². The maximum Gasteiger partial charge on any atom is 0.348 e. The van der Waals surface area contributed by atoms with Crippen molar-refractivity contribution in [3.05, 3.63) is 53.6 Å². The SMILES string of the molecule is COc1ccc(/C=C/C(=O)OC(C(=O)O)C(O)(Cc2ccc(O)c(O)c2)C(=O)O)cc1O. The number of hydrogen-bond acceptors (Lipinski definition) is 9. The van der Waals surface area contributed by atoms with Crippen molar-refractivity contribution in [2.24, 2.45) is 0 Å². The molecule has 0 amide bonds. The highest BCUT2D eigenvalue weighted by molar-refractivity contribution is 5.93. The van der Waals surface area contributed by atoms with Crippen LogP contribution in [0.15, 0.2) is 42.5 Å². The Morgan fingerprint density at radius 2 is 1.69 bits per heavy atom. The Hall–Kier alpha value is -4.25. The third kappa shape index (κ3) is 5.46. The van der Waals surface area contributed by atoms with Crippen LogP contribution in [0.1, 0.15) is 11.1 Å². The molecule has 0 spiro atoms. The zero-order valence-corrected chi connectivity index (χ0v) is 16.6. The molecule has 11 heteroatoms. The van der Waals surface area contributed by atoms with Gasteiger partial charge < -0.3 is 40.1 Å². The molecule has 32 heavy (non-hydrogen) atoms. The van der Waals surface area contributed by atoms with Crippen molar-refractivity contribution in [2.45, 2.75) is 18.1 Å². The van der Waals surface area contributed by atoms with Crippen LogP contribution in [0.25, 0.3) is 6.08 Å². The van der Waals surface area contributed by atoms with E-state index in [0.29, 0.717) is 5.56 Å². The number of carbonyl (C=O) groups is 3. The first-order valence-electron chi connectivity index (χ1n) is 8.93. The predicted molar refractivity (Wildman–Crippen MR) is 107 cm³/mol. The normalized spacial score (nSPS) is 13.8. The van der Waals surface area contributed by atoms with E-state index in [1.165, 1.54) is 25.3 Å². The first-order chi connectivity index (χ1) is 15.0. The van der Waals surface area contributed by atoms with Crippen LogP contribution < -0.4 is 4.74 Å². The number of phenolic OH excluding ortho intramolecular Hbond substituents is 3. The van der Waals surface area contributed by atoms with E-state index in [-0.39, 0.29) is 17.1 Å². The van der Waals surface area contributed by atoms with E-state index in [2.05, 4.69) is 0 Å². The zero-order chi connectivity index (χ0) is 24.1. The molecule has 2 atom stereocenters. The first kappa shape index (κ1) is 24.0. The van der Waals surface area contributed by atoms with Gasteiger partial charge in [-0.2, -0.15) is 0 Å². The highest BCUT2D eigenvalue weighted by atomic mass is 16.6. The van der Waals surface area contributed by atoms with Gasteiger partial charge in [-0.05, 0) is 41.5 Å². The summed E-state index contributed by atoms with van der Waals surface area (Å²) in [7, 11) is 1.34. The summed E-state index contributed by atoms with van der Waals surface area (Å²) in [6.45, 7) is 0. The molecule has 0 aromatic heterocycles. The lowest BCUT2D eigenvalue weighted by Gasteiger charge is -2.29. The van der Waals surface area contributed by atoms with Crippen LogP contribution in [0.3, 0.4) is 0 Å². The van der Waals surface area contributed by atoms with Gasteiger partial charge in [-0.15, -0.1) is 0 Å². The maximum absolute atomic E-state index is 12.1. The minimum absolute atomic E-state index is 0.0447. The number of carbonyl (C=O) groups excluding carboxylic acids is 1. The fourth-order valence-electron chi connectivity index (χ4n) is 2.75. The molecule has 2 aromatic rings. The van der Waals surface area contributed by atoms with E-state index < -0.39 is 47.5 Å². The Bertz CT molecular complexity index is 1060. The van der Waals surface area contributed by atoms with Crippen molar-refractivity contribution >= 4 is 24.0 Å². The summed E-state index contributed by atoms with van der Waals surface area (Å²) in [5.74, 6) is -6.36. The van der Waals surface area contributed by atoms with Crippen molar-refractivity contribution in [3.63, 3.8) is 0 Å². The first-order valence-corrected chi connectivity index (χ1v) is 8.93. The van der Waals surface area contributed by atoms with Gasteiger partial charge >= 0.3 is 17.9 Å². The van der Waals surface area contributed by atoms with Crippen LogP contribution >= 0.6 is 0 Å². The average Bonchev–Trinajstić information content (AvgIpc) is 2.72. The van der Waals surface area contributed by atoms with Crippen LogP contribution in [-0.2, 0) is 25.5 Å². The minimum atomic E-state index is -3.10. The highest BCUT2D eigenvalue weighted by Crippen LogP contribution is 2.29. The summed E-state index contributed by atoms with van der Waals surface area (Å²) in [5, 5.41) is 58.1. The number of methoxy groups -OCH3 is 1. The van der Waals surface area contributed by atoms with E-state index in [0.717, 1.165) is 30.4 Å². The molecule has 0 heterocycles. The fourth-order valence-corrected chi connectivity index (χ4v) is 2.75. The number of carboxylic acids is 2. The van der Waals surface area contributed by atoms with Gasteiger partial charge in [0.1, 0.15) is 0 Å². The van der Waals surface area contributed by atoms with Crippen molar-refractivity contribution in [3.8, 4) is 23.0 Å². The van der Waals surface area contributed by atoms with Gasteiger partial charge in [-0.25, -0.2) is 14.4 Å². The lowest BCUT2D eigenvalue weighted by atomic mass is 9.88. The molecule has 11 nitrogen and oxygen atoms in total. The van der Waals surface area contributed by atoms with Gasteiger partial charge in [-0.3, -0.25) is 0 Å². The Balaban J connectivity index is 2.26. The number of benzene rings is 2. The average molecular weight is 448 g/mol. The Kier molecular flexibility index (Phi) is 7.29. The monoisotopic (exact) mass is 448 g/mol. The Morgan fingerprint density at radius 1 is 1.00 bits per heavy atom. The van der Waals surface area contributed by atoms with Crippen LogP contribution in [0.2, 0.25) is 0 Å². The predicted octanol–water partition coefficient (Wildman–Crippen LogP) is 0.880. The second-order valence-corrected chi connectivity index (χ2v) is 6.65. The summed E-state index contributed by atoms with van der Waals surface area (Å²) in [4.78, 5) is 35.5. The number of aliphatic hydroxyl groups is 1. The van der Waals surface area contributed by atoms with Gasteiger partial charge in [0.05, 0.1) is 7.11 Å². The summed E-state index contributed by atoms with van der Waals surface area (Å²) in [5.41, 5.74) is -2.83. The molecule has 6 N–H and O–H groups in total. The maximum atomic E-state index is 12.1. The molecule has 0 bridgehead atoms. The van der Waals surface area contributed by atoms with Gasteiger partial charge in [0.15, 0.2) is 23.0 Å². The summed E-state index contributed by atoms with van der Waals surface area (Å²) < 4.78 is 9.59. The molecule has 0 aliphatic rings. The number of ether oxygens (including phenoxy) is 2. The summed E-state index contributed by atoms with van der Waals surface area (Å²) in [6.07, 6.45) is -1.43. The van der Waals surface area contributed by atoms with Crippen LogP contribution in [-0.4, -0.2) is 67.4 Å². The number of aliphatic carboxylic acids is 2. The number of phenols is 3. The lowest BCUT2D eigenvalue weighted by molar-refractivity contribution is -0.192. The largest absolute Gasteiger partial charge is 0.504 e. The third-order valence-corrected chi connectivity index (χ3v) is 4.39. The minimum Gasteiger partial charge on any atom is -0.504 e. The smallest absolute Gasteiger partial charge is 0.348 e. The number of hydrogen-bond donors (Lipinski definition) is 6. The van der Waals surface area contributed by atoms with E-state index in [1.54, 1.807) is 0 Å². The van der Waals surface area contributed by atoms with Crippen LogP contribution in [0.5, 0.6) is 23.0 Å². The number of carboxylic acid groups (broad SMARTS) is 2. The van der Waals surface area contributed by atoms with Gasteiger partial charge in [0, 0.05) is 12.5 Å². The molecular formula is C21H20O11. The van der Waals surface area contributed by atoms with E-state index >= 15 is 0 Å². The van der Waals surface area contributed by atoms with Crippen molar-refractivity contribution in [1.82, 2.24) is 0 Å². The Labute approximate surface area is 181 Å². The Morgan fingerprint density at radius 3 is 2.22 bits per heavy atom. The number of esters is 1. The van der Waals surface area contributed by atoms with Gasteiger partial charge in [0.25, 0.3) is 0 Å². The molecule has 2 unspecified atom stereocenters. The molecule has 2 rings (SSSR count). The molecular weight excluding hydrogens is 428 g/mol. The second-order valence-electron chi connectivity index (χ2n) is 6.65. The highest BCUT2D eigenvalue weighted by Gasteiger charge is 2.51. The van der Waals surface area contributed by atoms with Crippen LogP contribution in [0.4, 0.5) is 0 Å². The molecule has 0 aliphatic heterocycles. The van der Waals surface area contributed by atoms with Gasteiger partial charge in [0.2, 0.25) is 11.7 Å². The van der Waals surface area contributed by atoms with Gasteiger partial charge in [-0.1, -0.05) is 12.1 Å². The van der Waals surface area contributed by atoms with Crippen molar-refractivity contribution in [1.29, 1.82) is 0 Å². The lowest BCUT2D eigenvalue weighted by Crippen LogP contribution is -2.56. The molecule has 0 saturated carbocycles. The summed E-state index contributed by atoms with van der Waals surface area (Å²) in [6, 6.07) is 7.24. The third-order valence-electron chi connectivity index (χ3n) is 4.39. The fraction of sp³-hybridized carbons (Fsp3) is 0.190. The summed E-state index contributed by atoms with van der Waals surface area (Å²) >= 11 is 0. The molecule has 2 aromatic carbocycles. The van der Waals surface area contributed by atoms with E-state index in [4.69, 9.17) is 9.47 Å². The van der Waals surface area contributed by atoms with E-state index in [9.17, 15) is 45.0 Å². The number of rotatable bonds is 9. The zero-order valence-electron chi connectivity index (χ0n) is 16.6. The topological polar surface area (TPSA) is 191 Å². The van der Waals surface area contributed by atoms with Crippen LogP contribution in [0, 0.1) is 0 Å². The van der Waals surface area contributed by atoms with Crippen molar-refractivity contribution in [2.75, 3.05) is 7.11 Å². The standard InChI is InChI=1S/C21H20O11/c1-31-16-6-3-11(8-15(16)24)4-7-17(25)32-18(19(26)27)21(30,20(28)29)10-12-2-5-13(22)14(23)9-12/h2-9,18,22-24,30H,10H2,1H3,(H,26,27)(H,28,29)/b7-4+. The van der Waals surface area contributed by atoms with Crippen molar-refractivity contribution < 1.29 is 54.5 Å². The molecule has 170 valence electrons. The molecule has 0 aliphatic carbocycles. The second kappa shape index (κ2) is 9.71. The number of aromatic hydroxyl groups is 3. The molecule has 0 saturated heterocycles. The molecule has 0 radical (unpaired) electrons.